The lowest BCUT2D eigenvalue weighted by Gasteiger charge is -2.18. The highest BCUT2D eigenvalue weighted by atomic mass is 32.2. The molecule has 3 aromatic rings. The van der Waals surface area contributed by atoms with Crippen molar-refractivity contribution in [2.24, 2.45) is 4.99 Å². The SMILES string of the molecule is COc1ccccc1N1C(=O)C(=Cc2ccc(NC(C)=O)cc2)SC1=NC(=O)c1ccccc1. The van der Waals surface area contributed by atoms with E-state index in [1.807, 2.05) is 6.07 Å². The van der Waals surface area contributed by atoms with Crippen LogP contribution in [0.5, 0.6) is 5.75 Å². The molecule has 4 rings (SSSR count). The molecule has 1 aliphatic rings. The van der Waals surface area contributed by atoms with Gasteiger partial charge in [0.1, 0.15) is 5.75 Å². The molecule has 8 heteroatoms. The number of nitrogens with zero attached hydrogens (tertiary/aromatic N) is 2. The third-order valence-corrected chi connectivity index (χ3v) is 5.85. The number of thioether (sulfide) groups is 1. The standard InChI is InChI=1S/C26H21N3O4S/c1-17(30)27-20-14-12-18(13-15-20)16-23-25(32)29(21-10-6-7-11-22(21)33-2)26(34-23)28-24(31)19-8-4-3-5-9-19/h3-16H,1-2H3,(H,27,30). The first-order chi connectivity index (χ1) is 16.5. The van der Waals surface area contributed by atoms with E-state index in [9.17, 15) is 14.4 Å². The van der Waals surface area contributed by atoms with Crippen LogP contribution in [0.25, 0.3) is 6.08 Å². The summed E-state index contributed by atoms with van der Waals surface area (Å²) in [5.74, 6) is -0.446. The molecule has 34 heavy (non-hydrogen) atoms. The van der Waals surface area contributed by atoms with E-state index in [1.165, 1.54) is 18.9 Å². The van der Waals surface area contributed by atoms with Gasteiger partial charge in [0.25, 0.3) is 11.8 Å². The van der Waals surface area contributed by atoms with Gasteiger partial charge in [0.2, 0.25) is 5.91 Å². The molecular formula is C26H21N3O4S. The molecule has 1 heterocycles. The number of carbonyl (C=O) groups is 3. The summed E-state index contributed by atoms with van der Waals surface area (Å²) in [5, 5.41) is 2.95. The van der Waals surface area contributed by atoms with Crippen molar-refractivity contribution >= 4 is 52.1 Å². The van der Waals surface area contributed by atoms with Crippen LogP contribution in [0.1, 0.15) is 22.8 Å². The van der Waals surface area contributed by atoms with Crippen LogP contribution in [0.3, 0.4) is 0 Å². The van der Waals surface area contributed by atoms with E-state index in [2.05, 4.69) is 10.3 Å². The summed E-state index contributed by atoms with van der Waals surface area (Å²) in [7, 11) is 1.52. The number of amides is 3. The van der Waals surface area contributed by atoms with E-state index >= 15 is 0 Å². The van der Waals surface area contributed by atoms with Gasteiger partial charge in [-0.1, -0.05) is 42.5 Å². The molecule has 7 nitrogen and oxygen atoms in total. The molecule has 1 aliphatic heterocycles. The lowest BCUT2D eigenvalue weighted by atomic mass is 10.2. The van der Waals surface area contributed by atoms with Crippen molar-refractivity contribution in [3.8, 4) is 5.75 Å². The molecule has 170 valence electrons. The highest BCUT2D eigenvalue weighted by Crippen LogP contribution is 2.40. The number of ether oxygens (including phenoxy) is 1. The molecule has 0 atom stereocenters. The van der Waals surface area contributed by atoms with E-state index in [4.69, 9.17) is 4.74 Å². The van der Waals surface area contributed by atoms with Crippen molar-refractivity contribution in [1.29, 1.82) is 0 Å². The monoisotopic (exact) mass is 471 g/mol. The van der Waals surface area contributed by atoms with Crippen LogP contribution in [0.15, 0.2) is 88.8 Å². The average Bonchev–Trinajstić information content (AvgIpc) is 3.14. The Balaban J connectivity index is 1.72. The van der Waals surface area contributed by atoms with Gasteiger partial charge in [-0.2, -0.15) is 4.99 Å². The smallest absolute Gasteiger partial charge is 0.279 e. The van der Waals surface area contributed by atoms with Gasteiger partial charge in [0.15, 0.2) is 5.17 Å². The summed E-state index contributed by atoms with van der Waals surface area (Å²) in [6.07, 6.45) is 1.72. The first-order valence-corrected chi connectivity index (χ1v) is 11.2. The zero-order valence-electron chi connectivity index (χ0n) is 18.5. The van der Waals surface area contributed by atoms with Crippen molar-refractivity contribution in [1.82, 2.24) is 0 Å². The predicted molar refractivity (Wildman–Crippen MR) is 135 cm³/mol. The molecule has 0 aliphatic carbocycles. The van der Waals surface area contributed by atoms with Crippen LogP contribution in [-0.4, -0.2) is 30.0 Å². The minimum Gasteiger partial charge on any atom is -0.495 e. The summed E-state index contributed by atoms with van der Waals surface area (Å²) in [6, 6.07) is 22.9. The maximum atomic E-state index is 13.5. The summed E-state index contributed by atoms with van der Waals surface area (Å²) < 4.78 is 5.45. The summed E-state index contributed by atoms with van der Waals surface area (Å²) >= 11 is 1.11. The fourth-order valence-corrected chi connectivity index (χ4v) is 4.30. The molecule has 1 N–H and O–H groups in total. The fraction of sp³-hybridized carbons (Fsp3) is 0.0769. The summed E-state index contributed by atoms with van der Waals surface area (Å²) in [5.41, 5.74) is 2.34. The number of hydrogen-bond donors (Lipinski definition) is 1. The molecule has 3 aromatic carbocycles. The summed E-state index contributed by atoms with van der Waals surface area (Å²) in [4.78, 5) is 43.6. The second-order valence-electron chi connectivity index (χ2n) is 7.29. The van der Waals surface area contributed by atoms with Crippen molar-refractivity contribution in [3.63, 3.8) is 0 Å². The van der Waals surface area contributed by atoms with E-state index in [-0.39, 0.29) is 17.0 Å². The minimum absolute atomic E-state index is 0.163. The van der Waals surface area contributed by atoms with Gasteiger partial charge >= 0.3 is 0 Å². The third-order valence-electron chi connectivity index (χ3n) is 4.88. The molecule has 0 radical (unpaired) electrons. The van der Waals surface area contributed by atoms with Crippen molar-refractivity contribution in [2.45, 2.75) is 6.92 Å². The van der Waals surface area contributed by atoms with Crippen LogP contribution in [-0.2, 0) is 9.59 Å². The number of aliphatic imine (C=N–C) groups is 1. The molecule has 0 unspecified atom stereocenters. The van der Waals surface area contributed by atoms with Gasteiger partial charge in [0, 0.05) is 18.2 Å². The molecule has 3 amide bonds. The number of benzene rings is 3. The molecule has 0 saturated carbocycles. The first-order valence-electron chi connectivity index (χ1n) is 10.4. The number of anilines is 2. The Bertz CT molecular complexity index is 1300. The Morgan fingerprint density at radius 1 is 0.971 bits per heavy atom. The van der Waals surface area contributed by atoms with Crippen LogP contribution in [0, 0.1) is 0 Å². The van der Waals surface area contributed by atoms with Gasteiger partial charge in [-0.3, -0.25) is 19.3 Å². The van der Waals surface area contributed by atoms with Crippen molar-refractivity contribution in [3.05, 3.63) is 94.9 Å². The second-order valence-corrected chi connectivity index (χ2v) is 8.30. The Hall–Kier alpha value is -4.17. The zero-order chi connectivity index (χ0) is 24.1. The van der Waals surface area contributed by atoms with E-state index < -0.39 is 5.91 Å². The molecular weight excluding hydrogens is 450 g/mol. The maximum Gasteiger partial charge on any atom is 0.279 e. The molecule has 0 aromatic heterocycles. The van der Waals surface area contributed by atoms with Crippen LogP contribution < -0.4 is 15.0 Å². The van der Waals surface area contributed by atoms with Gasteiger partial charge < -0.3 is 10.1 Å². The van der Waals surface area contributed by atoms with Crippen LogP contribution in [0.4, 0.5) is 11.4 Å². The number of carbonyl (C=O) groups excluding carboxylic acids is 3. The lowest BCUT2D eigenvalue weighted by molar-refractivity contribution is -0.114. The third kappa shape index (κ3) is 5.07. The summed E-state index contributed by atoms with van der Waals surface area (Å²) in [6.45, 7) is 1.44. The molecule has 0 spiro atoms. The topological polar surface area (TPSA) is 88.1 Å². The van der Waals surface area contributed by atoms with Crippen LogP contribution in [0.2, 0.25) is 0 Å². The number of rotatable bonds is 5. The highest BCUT2D eigenvalue weighted by molar-refractivity contribution is 8.19. The van der Waals surface area contributed by atoms with Crippen molar-refractivity contribution in [2.75, 3.05) is 17.3 Å². The lowest BCUT2D eigenvalue weighted by Crippen LogP contribution is -2.29. The van der Waals surface area contributed by atoms with Gasteiger partial charge in [-0.15, -0.1) is 0 Å². The molecule has 0 bridgehead atoms. The number of hydrogen-bond acceptors (Lipinski definition) is 5. The quantitative estimate of drug-likeness (QED) is 0.531. The first kappa shape index (κ1) is 23.0. The van der Waals surface area contributed by atoms with Crippen LogP contribution >= 0.6 is 11.8 Å². The normalized spacial score (nSPS) is 15.6. The number of methoxy groups -OCH3 is 1. The largest absolute Gasteiger partial charge is 0.495 e. The van der Waals surface area contributed by atoms with E-state index in [0.29, 0.717) is 27.6 Å². The van der Waals surface area contributed by atoms with Gasteiger partial charge in [-0.25, -0.2) is 0 Å². The Labute approximate surface area is 201 Å². The van der Waals surface area contributed by atoms with Gasteiger partial charge in [0.05, 0.1) is 17.7 Å². The number of nitrogens with one attached hydrogen (secondary N) is 1. The Kier molecular flexibility index (Phi) is 6.89. The molecule has 1 saturated heterocycles. The highest BCUT2D eigenvalue weighted by Gasteiger charge is 2.36. The Morgan fingerprint density at radius 2 is 1.65 bits per heavy atom. The fourth-order valence-electron chi connectivity index (χ4n) is 3.33. The maximum absolute atomic E-state index is 13.5. The minimum atomic E-state index is -0.447. The number of amidine groups is 1. The molecule has 1 fully saturated rings. The Morgan fingerprint density at radius 3 is 2.32 bits per heavy atom. The van der Waals surface area contributed by atoms with E-state index in [1.54, 1.807) is 78.9 Å². The second kappa shape index (κ2) is 10.2. The zero-order valence-corrected chi connectivity index (χ0v) is 19.3. The number of para-hydroxylation sites is 2. The van der Waals surface area contributed by atoms with Crippen molar-refractivity contribution < 1.29 is 19.1 Å². The van der Waals surface area contributed by atoms with E-state index in [0.717, 1.165) is 17.3 Å². The average molecular weight is 472 g/mol. The van der Waals surface area contributed by atoms with Gasteiger partial charge in [-0.05, 0) is 59.8 Å². The predicted octanol–water partition coefficient (Wildman–Crippen LogP) is 4.97.